The molecule has 170 valence electrons. The molecule has 10 heteroatoms. The summed E-state index contributed by atoms with van der Waals surface area (Å²) >= 11 is 0. The number of ether oxygens (including phenoxy) is 1. The third-order valence-electron chi connectivity index (χ3n) is 4.98. The molecule has 32 heavy (non-hydrogen) atoms. The van der Waals surface area contributed by atoms with Crippen LogP contribution in [0.25, 0.3) is 11.0 Å². The van der Waals surface area contributed by atoms with Crippen molar-refractivity contribution >= 4 is 38.4 Å². The molecule has 0 atom stereocenters. The number of fused-ring (bicyclic) bond motifs is 1. The molecule has 0 spiro atoms. The van der Waals surface area contributed by atoms with E-state index in [0.29, 0.717) is 24.1 Å². The standard InChI is InChI=1S/C22H25N3O6S/c1-4-24-17-12-16(23-20(26)14-21(27)31-6-3)19(13-18(17)25(5-2)22(24)28)32(29,30)15-10-8-7-9-11-15/h7-13H,4-6,14H2,1-3H3,(H,23,26). The Kier molecular flexibility index (Phi) is 6.83. The average molecular weight is 460 g/mol. The van der Waals surface area contributed by atoms with E-state index in [1.165, 1.54) is 33.4 Å². The van der Waals surface area contributed by atoms with Crippen molar-refractivity contribution in [2.24, 2.45) is 0 Å². The molecular formula is C22H25N3O6S. The Bertz CT molecular complexity index is 1320. The van der Waals surface area contributed by atoms with Gasteiger partial charge in [-0.2, -0.15) is 0 Å². The minimum atomic E-state index is -4.04. The fourth-order valence-corrected chi connectivity index (χ4v) is 4.97. The Morgan fingerprint density at radius 3 is 2.12 bits per heavy atom. The van der Waals surface area contributed by atoms with Gasteiger partial charge in [0.1, 0.15) is 6.42 Å². The summed E-state index contributed by atoms with van der Waals surface area (Å²) in [5.41, 5.74) is 0.643. The molecule has 9 nitrogen and oxygen atoms in total. The van der Waals surface area contributed by atoms with Gasteiger partial charge in [-0.15, -0.1) is 0 Å². The maximum absolute atomic E-state index is 13.4. The minimum absolute atomic E-state index is 0.00824. The van der Waals surface area contributed by atoms with E-state index in [1.807, 2.05) is 0 Å². The SMILES string of the molecule is CCOC(=O)CC(=O)Nc1cc2c(cc1S(=O)(=O)c1ccccc1)n(CC)c(=O)n2CC. The molecule has 0 aliphatic carbocycles. The van der Waals surface area contributed by atoms with Crippen molar-refractivity contribution in [3.05, 3.63) is 52.9 Å². The zero-order chi connectivity index (χ0) is 23.5. The second kappa shape index (κ2) is 9.39. The molecule has 0 saturated heterocycles. The van der Waals surface area contributed by atoms with E-state index in [9.17, 15) is 22.8 Å². The first kappa shape index (κ1) is 23.3. The number of amides is 1. The number of rotatable bonds is 8. The summed E-state index contributed by atoms with van der Waals surface area (Å²) in [6, 6.07) is 10.7. The van der Waals surface area contributed by atoms with E-state index in [-0.39, 0.29) is 27.8 Å². The van der Waals surface area contributed by atoms with Gasteiger partial charge in [-0.05, 0) is 45.0 Å². The van der Waals surface area contributed by atoms with Crippen LogP contribution in [0.15, 0.2) is 57.1 Å². The van der Waals surface area contributed by atoms with Crippen molar-refractivity contribution in [1.82, 2.24) is 9.13 Å². The van der Waals surface area contributed by atoms with Crippen molar-refractivity contribution in [3.63, 3.8) is 0 Å². The predicted molar refractivity (Wildman–Crippen MR) is 119 cm³/mol. The topological polar surface area (TPSA) is 116 Å². The number of carbonyl (C=O) groups excluding carboxylic acids is 2. The van der Waals surface area contributed by atoms with E-state index < -0.39 is 28.1 Å². The average Bonchev–Trinajstić information content (AvgIpc) is 3.03. The summed E-state index contributed by atoms with van der Waals surface area (Å²) in [6.07, 6.45) is -0.562. The molecule has 0 saturated carbocycles. The maximum Gasteiger partial charge on any atom is 0.329 e. The van der Waals surface area contributed by atoms with Gasteiger partial charge in [-0.1, -0.05) is 18.2 Å². The van der Waals surface area contributed by atoms with Gasteiger partial charge in [0.2, 0.25) is 15.7 Å². The molecule has 0 bridgehead atoms. The van der Waals surface area contributed by atoms with Gasteiger partial charge < -0.3 is 10.1 Å². The number of anilines is 1. The highest BCUT2D eigenvalue weighted by Crippen LogP contribution is 2.32. The Hall–Kier alpha value is -3.40. The van der Waals surface area contributed by atoms with Crippen LogP contribution in [0, 0.1) is 0 Å². The molecule has 0 radical (unpaired) electrons. The van der Waals surface area contributed by atoms with Crippen molar-refractivity contribution in [2.45, 2.75) is 50.1 Å². The third-order valence-corrected chi connectivity index (χ3v) is 6.79. The van der Waals surface area contributed by atoms with Gasteiger partial charge in [0.25, 0.3) is 0 Å². The molecule has 0 aliphatic heterocycles. The lowest BCUT2D eigenvalue weighted by atomic mass is 10.2. The van der Waals surface area contributed by atoms with Crippen LogP contribution in [0.2, 0.25) is 0 Å². The number of carbonyl (C=O) groups is 2. The van der Waals surface area contributed by atoms with Crippen molar-refractivity contribution < 1.29 is 22.7 Å². The Morgan fingerprint density at radius 2 is 1.56 bits per heavy atom. The van der Waals surface area contributed by atoms with Crippen LogP contribution in [-0.4, -0.2) is 36.0 Å². The van der Waals surface area contributed by atoms with Crippen LogP contribution >= 0.6 is 0 Å². The van der Waals surface area contributed by atoms with E-state index in [1.54, 1.807) is 39.0 Å². The zero-order valence-corrected chi connectivity index (χ0v) is 18.9. The summed E-state index contributed by atoms with van der Waals surface area (Å²) in [4.78, 5) is 36.8. The molecule has 0 unspecified atom stereocenters. The van der Waals surface area contributed by atoms with Gasteiger partial charge in [0, 0.05) is 13.1 Å². The highest BCUT2D eigenvalue weighted by atomic mass is 32.2. The fourth-order valence-electron chi connectivity index (χ4n) is 3.54. The smallest absolute Gasteiger partial charge is 0.329 e. The number of aryl methyl sites for hydroxylation is 2. The van der Waals surface area contributed by atoms with Gasteiger partial charge in [0.15, 0.2) is 0 Å². The van der Waals surface area contributed by atoms with Gasteiger partial charge in [0.05, 0.1) is 33.1 Å². The Morgan fingerprint density at radius 1 is 0.969 bits per heavy atom. The lowest BCUT2D eigenvalue weighted by molar-refractivity contribution is -0.145. The number of nitrogens with zero attached hydrogens (tertiary/aromatic N) is 2. The van der Waals surface area contributed by atoms with Crippen LogP contribution in [0.4, 0.5) is 5.69 Å². The summed E-state index contributed by atoms with van der Waals surface area (Å²) in [6.45, 7) is 6.05. The first-order valence-electron chi connectivity index (χ1n) is 10.3. The highest BCUT2D eigenvalue weighted by molar-refractivity contribution is 7.91. The van der Waals surface area contributed by atoms with Crippen LogP contribution < -0.4 is 11.0 Å². The quantitative estimate of drug-likeness (QED) is 0.409. The fraction of sp³-hybridized carbons (Fsp3) is 0.318. The molecule has 3 aromatic rings. The van der Waals surface area contributed by atoms with Crippen molar-refractivity contribution in [2.75, 3.05) is 11.9 Å². The number of sulfone groups is 1. The molecule has 0 aliphatic rings. The summed E-state index contributed by atoms with van der Waals surface area (Å²) in [7, 11) is -4.04. The molecular weight excluding hydrogens is 434 g/mol. The van der Waals surface area contributed by atoms with Crippen LogP contribution in [-0.2, 0) is 37.3 Å². The van der Waals surface area contributed by atoms with E-state index >= 15 is 0 Å². The number of hydrogen-bond donors (Lipinski definition) is 1. The predicted octanol–water partition coefficient (Wildman–Crippen LogP) is 2.57. The van der Waals surface area contributed by atoms with Crippen molar-refractivity contribution in [1.29, 1.82) is 0 Å². The van der Waals surface area contributed by atoms with Gasteiger partial charge in [-0.3, -0.25) is 18.7 Å². The lowest BCUT2D eigenvalue weighted by Crippen LogP contribution is -2.23. The third kappa shape index (κ3) is 4.31. The van der Waals surface area contributed by atoms with Crippen LogP contribution in [0.3, 0.4) is 0 Å². The van der Waals surface area contributed by atoms with Gasteiger partial charge >= 0.3 is 11.7 Å². The molecule has 2 aromatic carbocycles. The summed E-state index contributed by atoms with van der Waals surface area (Å²) < 4.78 is 34.6. The first-order chi connectivity index (χ1) is 15.2. The minimum Gasteiger partial charge on any atom is -0.466 e. The molecule has 1 amide bonds. The van der Waals surface area contributed by atoms with Crippen LogP contribution in [0.5, 0.6) is 0 Å². The summed E-state index contributed by atoms with van der Waals surface area (Å²) in [5.74, 6) is -1.44. The van der Waals surface area contributed by atoms with Gasteiger partial charge in [-0.25, -0.2) is 13.2 Å². The second-order valence-corrected chi connectivity index (χ2v) is 8.87. The maximum atomic E-state index is 13.4. The normalized spacial score (nSPS) is 11.5. The molecule has 0 fully saturated rings. The highest BCUT2D eigenvalue weighted by Gasteiger charge is 2.26. The van der Waals surface area contributed by atoms with E-state index in [2.05, 4.69) is 5.32 Å². The number of aromatic nitrogens is 2. The monoisotopic (exact) mass is 459 g/mol. The number of esters is 1. The first-order valence-corrected chi connectivity index (χ1v) is 11.8. The largest absolute Gasteiger partial charge is 0.466 e. The number of benzene rings is 2. The zero-order valence-electron chi connectivity index (χ0n) is 18.1. The second-order valence-electron chi connectivity index (χ2n) is 6.95. The number of nitrogens with one attached hydrogen (secondary N) is 1. The number of imidazole rings is 1. The summed E-state index contributed by atoms with van der Waals surface area (Å²) in [5, 5.41) is 2.52. The molecule has 1 N–H and O–H groups in total. The number of hydrogen-bond acceptors (Lipinski definition) is 6. The van der Waals surface area contributed by atoms with Crippen LogP contribution in [0.1, 0.15) is 27.2 Å². The van der Waals surface area contributed by atoms with E-state index in [4.69, 9.17) is 4.74 Å². The molecule has 1 aromatic heterocycles. The Labute approximate surface area is 185 Å². The molecule has 3 rings (SSSR count). The van der Waals surface area contributed by atoms with E-state index in [0.717, 1.165) is 0 Å². The molecule has 1 heterocycles. The lowest BCUT2D eigenvalue weighted by Gasteiger charge is -2.13. The van der Waals surface area contributed by atoms with Crippen molar-refractivity contribution in [3.8, 4) is 0 Å². The Balaban J connectivity index is 2.23.